The van der Waals surface area contributed by atoms with E-state index >= 15 is 0 Å². The van der Waals surface area contributed by atoms with Crippen LogP contribution in [0.15, 0.2) is 11.2 Å². The molecule has 0 bridgehead atoms. The van der Waals surface area contributed by atoms with Gasteiger partial charge in [0.2, 0.25) is 0 Å². The minimum absolute atomic E-state index is 0.0960. The molecule has 1 aromatic rings. The predicted octanol–water partition coefficient (Wildman–Crippen LogP) is 0.510. The Kier molecular flexibility index (Phi) is 3.28. The molecule has 1 rings (SSSR count). The van der Waals surface area contributed by atoms with E-state index in [1.165, 1.54) is 0 Å². The lowest BCUT2D eigenvalue weighted by Crippen LogP contribution is -2.23. The van der Waals surface area contributed by atoms with Gasteiger partial charge in [0.05, 0.1) is 0 Å². The van der Waals surface area contributed by atoms with Crippen LogP contribution in [0.3, 0.4) is 0 Å². The molecular weight excluding hydrogens is 202 g/mol. The van der Waals surface area contributed by atoms with E-state index in [1.54, 1.807) is 24.6 Å². The molecule has 0 radical (unpaired) electrons. The number of sulfonamides is 1. The maximum atomic E-state index is 11.5. The highest BCUT2D eigenvalue weighted by Gasteiger charge is 2.17. The van der Waals surface area contributed by atoms with E-state index < -0.39 is 10.0 Å². The zero-order valence-electron chi connectivity index (χ0n) is 8.61. The quantitative estimate of drug-likeness (QED) is 0.799. The van der Waals surface area contributed by atoms with E-state index in [1.807, 2.05) is 6.92 Å². The zero-order chi connectivity index (χ0) is 10.8. The van der Waals surface area contributed by atoms with Gasteiger partial charge in [-0.1, -0.05) is 6.92 Å². The van der Waals surface area contributed by atoms with Crippen molar-refractivity contribution in [3.05, 3.63) is 12.0 Å². The molecule has 5 nitrogen and oxygen atoms in total. The van der Waals surface area contributed by atoms with Crippen molar-refractivity contribution in [2.24, 2.45) is 0 Å². The Hall–Kier alpha value is -0.880. The lowest BCUT2D eigenvalue weighted by Gasteiger charge is -1.98. The van der Waals surface area contributed by atoms with Crippen molar-refractivity contribution < 1.29 is 8.42 Å². The number of hydrogen-bond acceptors (Lipinski definition) is 3. The van der Waals surface area contributed by atoms with Crippen LogP contribution in [0.2, 0.25) is 0 Å². The van der Waals surface area contributed by atoms with E-state index in [0.717, 1.165) is 6.54 Å². The average Bonchev–Trinajstić information content (AvgIpc) is 2.47. The van der Waals surface area contributed by atoms with Crippen molar-refractivity contribution in [2.75, 3.05) is 6.54 Å². The molecule has 1 N–H and O–H groups in total. The van der Waals surface area contributed by atoms with Gasteiger partial charge in [0, 0.05) is 19.3 Å². The lowest BCUT2D eigenvalue weighted by molar-refractivity contribution is 0.580. The third-order valence-electron chi connectivity index (χ3n) is 1.90. The first kappa shape index (κ1) is 11.2. The molecule has 0 aliphatic rings. The molecule has 1 heterocycles. The summed E-state index contributed by atoms with van der Waals surface area (Å²) in [4.78, 5) is 3.98. The predicted molar refractivity (Wildman–Crippen MR) is 53.5 cm³/mol. The van der Waals surface area contributed by atoms with Crippen molar-refractivity contribution >= 4 is 10.0 Å². The summed E-state index contributed by atoms with van der Waals surface area (Å²) < 4.78 is 27.2. The van der Waals surface area contributed by atoms with Gasteiger partial charge in [-0.15, -0.1) is 0 Å². The van der Waals surface area contributed by atoms with Crippen molar-refractivity contribution in [1.82, 2.24) is 14.3 Å². The summed E-state index contributed by atoms with van der Waals surface area (Å²) in [5.41, 5.74) is 0. The molecule has 0 aliphatic heterocycles. The second-order valence-electron chi connectivity index (χ2n) is 2.91. The minimum atomic E-state index is -3.40. The monoisotopic (exact) mass is 217 g/mol. The first-order valence-corrected chi connectivity index (χ1v) is 6.03. The molecule has 14 heavy (non-hydrogen) atoms. The number of nitrogens with zero attached hydrogens (tertiary/aromatic N) is 2. The SMILES string of the molecule is CCNS(=O)(=O)c1cn(CC)c(C)n1. The van der Waals surface area contributed by atoms with Crippen LogP contribution >= 0.6 is 0 Å². The van der Waals surface area contributed by atoms with E-state index in [0.29, 0.717) is 12.4 Å². The Labute approximate surface area is 84.2 Å². The largest absolute Gasteiger partial charge is 0.334 e. The molecule has 0 spiro atoms. The number of aryl methyl sites for hydroxylation is 2. The molecule has 0 aliphatic carbocycles. The van der Waals surface area contributed by atoms with Gasteiger partial charge in [0.15, 0.2) is 5.03 Å². The molecule has 6 heteroatoms. The fourth-order valence-corrected chi connectivity index (χ4v) is 2.24. The third-order valence-corrected chi connectivity index (χ3v) is 3.32. The number of rotatable bonds is 4. The van der Waals surface area contributed by atoms with Gasteiger partial charge < -0.3 is 4.57 Å². The second-order valence-corrected chi connectivity index (χ2v) is 4.63. The molecule has 1 aromatic heterocycles. The molecule has 0 aromatic carbocycles. The third kappa shape index (κ3) is 2.13. The molecule has 0 saturated heterocycles. The Morgan fingerprint density at radius 3 is 2.57 bits per heavy atom. The van der Waals surface area contributed by atoms with Crippen molar-refractivity contribution in [2.45, 2.75) is 32.3 Å². The van der Waals surface area contributed by atoms with Crippen LogP contribution in [0, 0.1) is 6.92 Å². The zero-order valence-corrected chi connectivity index (χ0v) is 9.43. The summed E-state index contributed by atoms with van der Waals surface area (Å²) in [7, 11) is -3.40. The summed E-state index contributed by atoms with van der Waals surface area (Å²) in [5, 5.41) is 0.0960. The number of aromatic nitrogens is 2. The van der Waals surface area contributed by atoms with Crippen LogP contribution in [0.1, 0.15) is 19.7 Å². The first-order chi connectivity index (χ1) is 6.51. The summed E-state index contributed by atoms with van der Waals surface area (Å²) in [6.07, 6.45) is 1.55. The van der Waals surface area contributed by atoms with Gasteiger partial charge in [-0.05, 0) is 13.8 Å². The second kappa shape index (κ2) is 4.10. The Bertz CT molecular complexity index is 408. The van der Waals surface area contributed by atoms with Crippen LogP contribution in [-0.4, -0.2) is 24.5 Å². The van der Waals surface area contributed by atoms with Gasteiger partial charge in [0.1, 0.15) is 5.82 Å². The molecule has 0 atom stereocenters. The Morgan fingerprint density at radius 2 is 2.14 bits per heavy atom. The van der Waals surface area contributed by atoms with Crippen molar-refractivity contribution in [3.8, 4) is 0 Å². The number of hydrogen-bond donors (Lipinski definition) is 1. The van der Waals surface area contributed by atoms with E-state index in [-0.39, 0.29) is 5.03 Å². The molecular formula is C8H15N3O2S. The van der Waals surface area contributed by atoms with Gasteiger partial charge in [-0.2, -0.15) is 0 Å². The Morgan fingerprint density at radius 1 is 1.50 bits per heavy atom. The maximum Gasteiger partial charge on any atom is 0.259 e. The maximum absolute atomic E-state index is 11.5. The van der Waals surface area contributed by atoms with Crippen LogP contribution in [0.4, 0.5) is 0 Å². The minimum Gasteiger partial charge on any atom is -0.334 e. The highest BCUT2D eigenvalue weighted by atomic mass is 32.2. The Balaban J connectivity index is 3.08. The van der Waals surface area contributed by atoms with Crippen molar-refractivity contribution in [1.29, 1.82) is 0 Å². The molecule has 0 saturated carbocycles. The van der Waals surface area contributed by atoms with Crippen LogP contribution in [0.25, 0.3) is 0 Å². The molecule has 0 unspecified atom stereocenters. The standard InChI is InChI=1S/C8H15N3O2S/c1-4-9-14(12,13)8-6-11(5-2)7(3)10-8/h6,9H,4-5H2,1-3H3. The van der Waals surface area contributed by atoms with E-state index in [9.17, 15) is 8.42 Å². The number of nitrogens with one attached hydrogen (secondary N) is 1. The van der Waals surface area contributed by atoms with Crippen LogP contribution < -0.4 is 4.72 Å². The van der Waals surface area contributed by atoms with E-state index in [2.05, 4.69) is 9.71 Å². The normalized spacial score (nSPS) is 11.9. The molecule has 0 amide bonds. The lowest BCUT2D eigenvalue weighted by atomic mass is 10.6. The summed E-state index contributed by atoms with van der Waals surface area (Å²) in [6.45, 7) is 6.56. The fourth-order valence-electron chi connectivity index (χ4n) is 1.19. The molecule has 80 valence electrons. The van der Waals surface area contributed by atoms with Crippen LogP contribution in [0.5, 0.6) is 0 Å². The highest BCUT2D eigenvalue weighted by Crippen LogP contribution is 2.08. The van der Waals surface area contributed by atoms with Gasteiger partial charge >= 0.3 is 0 Å². The highest BCUT2D eigenvalue weighted by molar-refractivity contribution is 7.89. The van der Waals surface area contributed by atoms with Gasteiger partial charge in [0.25, 0.3) is 10.0 Å². The van der Waals surface area contributed by atoms with E-state index in [4.69, 9.17) is 0 Å². The molecule has 0 fully saturated rings. The first-order valence-electron chi connectivity index (χ1n) is 4.54. The summed E-state index contributed by atoms with van der Waals surface area (Å²) >= 11 is 0. The smallest absolute Gasteiger partial charge is 0.259 e. The van der Waals surface area contributed by atoms with Crippen LogP contribution in [-0.2, 0) is 16.6 Å². The van der Waals surface area contributed by atoms with Crippen molar-refractivity contribution in [3.63, 3.8) is 0 Å². The van der Waals surface area contributed by atoms with Gasteiger partial charge in [-0.25, -0.2) is 18.1 Å². The fraction of sp³-hybridized carbons (Fsp3) is 0.625. The van der Waals surface area contributed by atoms with Gasteiger partial charge in [-0.3, -0.25) is 0 Å². The topological polar surface area (TPSA) is 64.0 Å². The summed E-state index contributed by atoms with van der Waals surface area (Å²) in [6, 6.07) is 0. The average molecular weight is 217 g/mol. The summed E-state index contributed by atoms with van der Waals surface area (Å²) in [5.74, 6) is 0.712. The number of imidazole rings is 1.